The van der Waals surface area contributed by atoms with Gasteiger partial charge in [-0.15, -0.1) is 0 Å². The van der Waals surface area contributed by atoms with Gasteiger partial charge in [0.05, 0.1) is 0 Å². The van der Waals surface area contributed by atoms with Crippen molar-refractivity contribution < 1.29 is 14.3 Å². The molecule has 0 saturated heterocycles. The van der Waals surface area contributed by atoms with Crippen LogP contribution in [0.3, 0.4) is 0 Å². The summed E-state index contributed by atoms with van der Waals surface area (Å²) in [5, 5.41) is 3.76. The molecule has 0 heterocycles. The first-order chi connectivity index (χ1) is 10.4. The van der Waals surface area contributed by atoms with Crippen molar-refractivity contribution in [1.82, 2.24) is 0 Å². The molecule has 21 heavy (non-hydrogen) atoms. The molecule has 0 aliphatic heterocycles. The van der Waals surface area contributed by atoms with E-state index in [1.807, 2.05) is 61.5 Å². The maximum Gasteiger partial charge on any atom is 0.151 e. The molecule has 0 fully saturated rings. The summed E-state index contributed by atoms with van der Waals surface area (Å²) in [7, 11) is 0. The minimum atomic E-state index is 0.429. The summed E-state index contributed by atoms with van der Waals surface area (Å²) >= 11 is 0. The van der Waals surface area contributed by atoms with Crippen molar-refractivity contribution in [1.29, 1.82) is 0 Å². The van der Waals surface area contributed by atoms with E-state index in [0.717, 1.165) is 23.7 Å². The molecule has 0 aliphatic rings. The van der Waals surface area contributed by atoms with Crippen molar-refractivity contribution in [3.63, 3.8) is 0 Å². The summed E-state index contributed by atoms with van der Waals surface area (Å²) in [6.45, 7) is 2.89. The van der Waals surface area contributed by atoms with Crippen LogP contribution in [0.1, 0.15) is 13.3 Å². The van der Waals surface area contributed by atoms with Gasteiger partial charge in [-0.05, 0) is 42.8 Å². The van der Waals surface area contributed by atoms with Crippen LogP contribution in [0.25, 0.3) is 0 Å². The minimum Gasteiger partial charge on any atom is -0.490 e. The van der Waals surface area contributed by atoms with Crippen molar-refractivity contribution >= 4 is 6.21 Å². The van der Waals surface area contributed by atoms with E-state index in [4.69, 9.17) is 14.3 Å². The molecular weight excluding hydrogens is 266 g/mol. The standard InChI is InChI=1S/C17H19NO3/c1-2-12-18-20-14-13-19-15-8-10-17(11-9-15)21-16-6-4-3-5-7-16/h3-12H,2,13-14H2,1H3. The molecule has 2 aromatic rings. The molecule has 110 valence electrons. The molecule has 2 rings (SSSR count). The molecule has 0 spiro atoms. The number of ether oxygens (including phenoxy) is 2. The van der Waals surface area contributed by atoms with Gasteiger partial charge in [0.15, 0.2) is 6.61 Å². The molecule has 4 heteroatoms. The number of nitrogens with zero attached hydrogens (tertiary/aromatic N) is 1. The number of hydrogen-bond donors (Lipinski definition) is 0. The average molecular weight is 285 g/mol. The van der Waals surface area contributed by atoms with Gasteiger partial charge in [-0.25, -0.2) is 0 Å². The van der Waals surface area contributed by atoms with Crippen LogP contribution < -0.4 is 9.47 Å². The second-order valence-corrected chi connectivity index (χ2v) is 4.26. The quantitative estimate of drug-likeness (QED) is 0.413. The zero-order valence-electron chi connectivity index (χ0n) is 12.1. The van der Waals surface area contributed by atoms with E-state index in [1.165, 1.54) is 0 Å². The fourth-order valence-electron chi connectivity index (χ4n) is 1.61. The summed E-state index contributed by atoms with van der Waals surface area (Å²) in [5.74, 6) is 2.36. The molecule has 0 saturated carbocycles. The lowest BCUT2D eigenvalue weighted by Crippen LogP contribution is -2.04. The first-order valence-corrected chi connectivity index (χ1v) is 6.98. The molecule has 0 aliphatic carbocycles. The highest BCUT2D eigenvalue weighted by atomic mass is 16.6. The Balaban J connectivity index is 1.75. The molecule has 0 amide bonds. The van der Waals surface area contributed by atoms with Crippen LogP contribution in [0, 0.1) is 0 Å². The Kier molecular flexibility index (Phi) is 6.13. The van der Waals surface area contributed by atoms with Crippen molar-refractivity contribution in [3.8, 4) is 17.2 Å². The van der Waals surface area contributed by atoms with Gasteiger partial charge < -0.3 is 14.3 Å². The third-order valence-corrected chi connectivity index (χ3v) is 2.58. The van der Waals surface area contributed by atoms with Crippen LogP contribution in [-0.4, -0.2) is 19.4 Å². The van der Waals surface area contributed by atoms with Gasteiger partial charge in [0.2, 0.25) is 0 Å². The number of rotatable bonds is 8. The van der Waals surface area contributed by atoms with Crippen molar-refractivity contribution in [2.24, 2.45) is 5.16 Å². The second kappa shape index (κ2) is 8.64. The molecular formula is C17H19NO3. The van der Waals surface area contributed by atoms with E-state index in [9.17, 15) is 0 Å². The van der Waals surface area contributed by atoms with Crippen LogP contribution in [-0.2, 0) is 4.84 Å². The van der Waals surface area contributed by atoms with Gasteiger partial charge in [0.25, 0.3) is 0 Å². The van der Waals surface area contributed by atoms with E-state index in [1.54, 1.807) is 6.21 Å². The van der Waals surface area contributed by atoms with Gasteiger partial charge in [0, 0.05) is 6.21 Å². The zero-order valence-corrected chi connectivity index (χ0v) is 12.1. The summed E-state index contributed by atoms with van der Waals surface area (Å²) < 4.78 is 11.2. The first-order valence-electron chi connectivity index (χ1n) is 6.98. The smallest absolute Gasteiger partial charge is 0.151 e. The van der Waals surface area contributed by atoms with E-state index in [2.05, 4.69) is 5.16 Å². The van der Waals surface area contributed by atoms with Gasteiger partial charge in [-0.2, -0.15) is 0 Å². The fourth-order valence-corrected chi connectivity index (χ4v) is 1.61. The monoisotopic (exact) mass is 285 g/mol. The lowest BCUT2D eigenvalue weighted by molar-refractivity contribution is 0.108. The van der Waals surface area contributed by atoms with E-state index in [-0.39, 0.29) is 0 Å². The number of benzene rings is 2. The number of para-hydroxylation sites is 1. The third kappa shape index (κ3) is 5.57. The molecule has 4 nitrogen and oxygen atoms in total. The molecule has 0 N–H and O–H groups in total. The van der Waals surface area contributed by atoms with Crippen LogP contribution in [0.15, 0.2) is 59.8 Å². The third-order valence-electron chi connectivity index (χ3n) is 2.58. The van der Waals surface area contributed by atoms with Crippen molar-refractivity contribution in [2.45, 2.75) is 13.3 Å². The lowest BCUT2D eigenvalue weighted by Gasteiger charge is -2.08. The Morgan fingerprint density at radius 1 is 0.857 bits per heavy atom. The fraction of sp³-hybridized carbons (Fsp3) is 0.235. The molecule has 0 atom stereocenters. The number of hydrogen-bond acceptors (Lipinski definition) is 4. The Morgan fingerprint density at radius 3 is 2.24 bits per heavy atom. The summed E-state index contributed by atoms with van der Waals surface area (Å²) in [6.07, 6.45) is 2.58. The van der Waals surface area contributed by atoms with Gasteiger partial charge >= 0.3 is 0 Å². The Morgan fingerprint density at radius 2 is 1.52 bits per heavy atom. The summed E-state index contributed by atoms with van der Waals surface area (Å²) in [5.41, 5.74) is 0. The average Bonchev–Trinajstić information content (AvgIpc) is 2.53. The predicted molar refractivity (Wildman–Crippen MR) is 83.2 cm³/mol. The topological polar surface area (TPSA) is 40.0 Å². The van der Waals surface area contributed by atoms with Crippen LogP contribution >= 0.6 is 0 Å². The van der Waals surface area contributed by atoms with Gasteiger partial charge in [0.1, 0.15) is 23.9 Å². The summed E-state index contributed by atoms with van der Waals surface area (Å²) in [4.78, 5) is 5.02. The Hall–Kier alpha value is -2.49. The Labute approximate surface area is 125 Å². The molecule has 0 radical (unpaired) electrons. The number of oxime groups is 1. The highest BCUT2D eigenvalue weighted by Crippen LogP contribution is 2.23. The lowest BCUT2D eigenvalue weighted by atomic mass is 10.3. The second-order valence-electron chi connectivity index (χ2n) is 4.26. The van der Waals surface area contributed by atoms with E-state index < -0.39 is 0 Å². The van der Waals surface area contributed by atoms with Gasteiger partial charge in [-0.3, -0.25) is 0 Å². The van der Waals surface area contributed by atoms with Gasteiger partial charge in [-0.1, -0.05) is 30.3 Å². The maximum absolute atomic E-state index is 5.70. The molecule has 2 aromatic carbocycles. The SMILES string of the molecule is CCC=NOCCOc1ccc(Oc2ccccc2)cc1. The zero-order chi connectivity index (χ0) is 14.8. The maximum atomic E-state index is 5.70. The highest BCUT2D eigenvalue weighted by molar-refractivity contribution is 5.55. The van der Waals surface area contributed by atoms with Crippen molar-refractivity contribution in [2.75, 3.05) is 13.2 Å². The summed E-state index contributed by atoms with van der Waals surface area (Å²) in [6, 6.07) is 17.1. The largest absolute Gasteiger partial charge is 0.490 e. The van der Waals surface area contributed by atoms with Crippen LogP contribution in [0.5, 0.6) is 17.2 Å². The molecule has 0 unspecified atom stereocenters. The molecule has 0 bridgehead atoms. The first kappa shape index (κ1) is 14.9. The normalized spacial score (nSPS) is 10.5. The van der Waals surface area contributed by atoms with E-state index in [0.29, 0.717) is 13.2 Å². The van der Waals surface area contributed by atoms with Crippen LogP contribution in [0.4, 0.5) is 0 Å². The predicted octanol–water partition coefficient (Wildman–Crippen LogP) is 4.27. The minimum absolute atomic E-state index is 0.429. The molecule has 0 aromatic heterocycles. The van der Waals surface area contributed by atoms with Crippen molar-refractivity contribution in [3.05, 3.63) is 54.6 Å². The highest BCUT2D eigenvalue weighted by Gasteiger charge is 1.98. The van der Waals surface area contributed by atoms with E-state index >= 15 is 0 Å². The van der Waals surface area contributed by atoms with Crippen LogP contribution in [0.2, 0.25) is 0 Å². The Bertz CT molecular complexity index is 538.